The lowest BCUT2D eigenvalue weighted by Crippen LogP contribution is -2.32. The van der Waals surface area contributed by atoms with Crippen molar-refractivity contribution in [1.82, 2.24) is 4.90 Å². The first-order chi connectivity index (χ1) is 11.9. The highest BCUT2D eigenvalue weighted by atomic mass is 35.5. The van der Waals surface area contributed by atoms with E-state index in [9.17, 15) is 15.0 Å². The predicted molar refractivity (Wildman–Crippen MR) is 95.5 cm³/mol. The Morgan fingerprint density at radius 2 is 2.04 bits per heavy atom. The van der Waals surface area contributed by atoms with Gasteiger partial charge in [-0.2, -0.15) is 0 Å². The molecule has 130 valence electrons. The number of aliphatic hydroxyl groups excluding tert-OH is 1. The summed E-state index contributed by atoms with van der Waals surface area (Å²) in [7, 11) is 0. The third kappa shape index (κ3) is 4.04. The van der Waals surface area contributed by atoms with Gasteiger partial charge < -0.3 is 20.4 Å². The molecule has 2 aromatic carbocycles. The SMILES string of the molecule is Nc1ccc2oc(CN(C[C@H](O)c3cccc(Cl)c3)C(=O)O)cc2c1. The average Bonchev–Trinajstić information content (AvgIpc) is 2.95. The molecule has 0 bridgehead atoms. The van der Waals surface area contributed by atoms with Gasteiger partial charge in [0.15, 0.2) is 0 Å². The van der Waals surface area contributed by atoms with E-state index in [4.69, 9.17) is 21.8 Å². The van der Waals surface area contributed by atoms with Crippen LogP contribution < -0.4 is 5.73 Å². The van der Waals surface area contributed by atoms with Crippen molar-refractivity contribution in [1.29, 1.82) is 0 Å². The summed E-state index contributed by atoms with van der Waals surface area (Å²) in [6.07, 6.45) is -2.14. The Hall–Kier alpha value is -2.70. The van der Waals surface area contributed by atoms with Crippen LogP contribution in [-0.4, -0.2) is 27.8 Å². The van der Waals surface area contributed by atoms with E-state index in [-0.39, 0.29) is 13.1 Å². The number of carbonyl (C=O) groups is 1. The number of nitrogen functional groups attached to an aromatic ring is 1. The number of rotatable bonds is 5. The minimum Gasteiger partial charge on any atom is -0.465 e. The standard InChI is InChI=1S/C18H17ClN2O4/c19-13-3-1-2-11(6-13)16(22)10-21(18(23)24)9-15-8-12-7-14(20)4-5-17(12)25-15/h1-8,16,22H,9-10,20H2,(H,23,24)/t16-/m0/s1. The Morgan fingerprint density at radius 1 is 1.24 bits per heavy atom. The van der Waals surface area contributed by atoms with Crippen LogP contribution in [0, 0.1) is 0 Å². The van der Waals surface area contributed by atoms with E-state index in [1.54, 1.807) is 48.5 Å². The van der Waals surface area contributed by atoms with Gasteiger partial charge >= 0.3 is 6.09 Å². The number of benzene rings is 2. The molecule has 0 spiro atoms. The van der Waals surface area contributed by atoms with E-state index in [1.165, 1.54) is 0 Å². The van der Waals surface area contributed by atoms with E-state index in [0.717, 1.165) is 10.3 Å². The summed E-state index contributed by atoms with van der Waals surface area (Å²) in [6, 6.07) is 13.6. The first-order valence-electron chi connectivity index (χ1n) is 7.62. The summed E-state index contributed by atoms with van der Waals surface area (Å²) in [5.74, 6) is 0.473. The third-order valence-electron chi connectivity index (χ3n) is 3.84. The molecule has 1 heterocycles. The second-order valence-electron chi connectivity index (χ2n) is 5.74. The van der Waals surface area contributed by atoms with Crippen molar-refractivity contribution < 1.29 is 19.4 Å². The van der Waals surface area contributed by atoms with Gasteiger partial charge in [-0.15, -0.1) is 0 Å². The molecule has 1 amide bonds. The quantitative estimate of drug-likeness (QED) is 0.599. The number of furan rings is 1. The van der Waals surface area contributed by atoms with Crippen LogP contribution in [0.4, 0.5) is 10.5 Å². The minimum atomic E-state index is -1.15. The number of carboxylic acid groups (broad SMARTS) is 1. The molecule has 0 fully saturated rings. The van der Waals surface area contributed by atoms with Crippen molar-refractivity contribution in [2.45, 2.75) is 12.6 Å². The fourth-order valence-corrected chi connectivity index (χ4v) is 2.82. The number of nitrogens with two attached hydrogens (primary N) is 1. The number of aliphatic hydroxyl groups is 1. The van der Waals surface area contributed by atoms with Crippen molar-refractivity contribution in [2.75, 3.05) is 12.3 Å². The summed E-state index contributed by atoms with van der Waals surface area (Å²) in [4.78, 5) is 12.6. The molecule has 1 atom stereocenters. The fourth-order valence-electron chi connectivity index (χ4n) is 2.62. The monoisotopic (exact) mass is 360 g/mol. The maximum atomic E-state index is 11.5. The van der Waals surface area contributed by atoms with Crippen molar-refractivity contribution in [3.63, 3.8) is 0 Å². The first kappa shape index (κ1) is 17.1. The zero-order valence-electron chi connectivity index (χ0n) is 13.2. The van der Waals surface area contributed by atoms with Gasteiger partial charge in [-0.25, -0.2) is 4.79 Å². The summed E-state index contributed by atoms with van der Waals surface area (Å²) in [5.41, 5.74) is 7.52. The number of nitrogens with zero attached hydrogens (tertiary/aromatic N) is 1. The largest absolute Gasteiger partial charge is 0.465 e. The van der Waals surface area contributed by atoms with Crippen LogP contribution in [-0.2, 0) is 6.54 Å². The predicted octanol–water partition coefficient (Wildman–Crippen LogP) is 3.88. The van der Waals surface area contributed by atoms with Crippen LogP contribution in [0.1, 0.15) is 17.4 Å². The molecular weight excluding hydrogens is 344 g/mol. The number of hydrogen-bond donors (Lipinski definition) is 3. The molecule has 0 saturated heterocycles. The Morgan fingerprint density at radius 3 is 2.76 bits per heavy atom. The molecule has 0 aliphatic carbocycles. The summed E-state index contributed by atoms with van der Waals surface area (Å²) < 4.78 is 5.65. The number of anilines is 1. The number of amides is 1. The Kier molecular flexibility index (Phi) is 4.83. The Bertz CT molecular complexity index is 909. The molecule has 25 heavy (non-hydrogen) atoms. The van der Waals surface area contributed by atoms with Crippen LogP contribution in [0.2, 0.25) is 5.02 Å². The molecule has 6 nitrogen and oxygen atoms in total. The molecule has 3 rings (SSSR count). The molecule has 0 saturated carbocycles. The van der Waals surface area contributed by atoms with Gasteiger partial charge in [0.25, 0.3) is 0 Å². The van der Waals surface area contributed by atoms with Gasteiger partial charge in [0.2, 0.25) is 0 Å². The molecule has 0 unspecified atom stereocenters. The van der Waals surface area contributed by atoms with Crippen LogP contribution in [0.5, 0.6) is 0 Å². The van der Waals surface area contributed by atoms with Crippen molar-refractivity contribution in [3.05, 3.63) is 64.9 Å². The number of hydrogen-bond acceptors (Lipinski definition) is 4. The van der Waals surface area contributed by atoms with Crippen LogP contribution in [0.15, 0.2) is 52.9 Å². The minimum absolute atomic E-state index is 0.0154. The Balaban J connectivity index is 1.77. The van der Waals surface area contributed by atoms with Gasteiger partial charge in [0.1, 0.15) is 11.3 Å². The maximum absolute atomic E-state index is 11.5. The number of halogens is 1. The van der Waals surface area contributed by atoms with E-state index in [2.05, 4.69) is 0 Å². The van der Waals surface area contributed by atoms with Crippen molar-refractivity contribution >= 4 is 34.4 Å². The molecule has 1 aromatic heterocycles. The molecule has 3 aromatic rings. The lowest BCUT2D eigenvalue weighted by molar-refractivity contribution is 0.0906. The zero-order valence-corrected chi connectivity index (χ0v) is 14.0. The van der Waals surface area contributed by atoms with E-state index in [1.807, 2.05) is 0 Å². The van der Waals surface area contributed by atoms with E-state index >= 15 is 0 Å². The number of fused-ring (bicyclic) bond motifs is 1. The van der Waals surface area contributed by atoms with Gasteiger partial charge in [0.05, 0.1) is 19.2 Å². The summed E-state index contributed by atoms with van der Waals surface area (Å²) in [5, 5.41) is 21.0. The first-order valence-corrected chi connectivity index (χ1v) is 7.99. The summed E-state index contributed by atoms with van der Waals surface area (Å²) >= 11 is 5.91. The lowest BCUT2D eigenvalue weighted by atomic mass is 10.1. The second kappa shape index (κ2) is 7.04. The molecular formula is C18H17ClN2O4. The second-order valence-corrected chi connectivity index (χ2v) is 6.18. The smallest absolute Gasteiger partial charge is 0.407 e. The van der Waals surface area contributed by atoms with Crippen LogP contribution in [0.25, 0.3) is 11.0 Å². The van der Waals surface area contributed by atoms with Crippen LogP contribution >= 0.6 is 11.6 Å². The molecule has 0 aliphatic heterocycles. The highest BCUT2D eigenvalue weighted by Gasteiger charge is 2.20. The van der Waals surface area contributed by atoms with Gasteiger partial charge in [-0.3, -0.25) is 4.90 Å². The van der Waals surface area contributed by atoms with E-state index < -0.39 is 12.2 Å². The molecule has 0 radical (unpaired) electrons. The lowest BCUT2D eigenvalue weighted by Gasteiger charge is -2.21. The normalized spacial score (nSPS) is 12.2. The van der Waals surface area contributed by atoms with Crippen LogP contribution in [0.3, 0.4) is 0 Å². The van der Waals surface area contributed by atoms with Crippen molar-refractivity contribution in [3.8, 4) is 0 Å². The zero-order chi connectivity index (χ0) is 18.0. The highest BCUT2D eigenvalue weighted by molar-refractivity contribution is 6.30. The fraction of sp³-hybridized carbons (Fsp3) is 0.167. The van der Waals surface area contributed by atoms with Crippen molar-refractivity contribution in [2.24, 2.45) is 0 Å². The summed E-state index contributed by atoms with van der Waals surface area (Å²) in [6.45, 7) is -0.0869. The molecule has 7 heteroatoms. The third-order valence-corrected chi connectivity index (χ3v) is 4.07. The highest BCUT2D eigenvalue weighted by Crippen LogP contribution is 2.24. The topological polar surface area (TPSA) is 99.9 Å². The Labute approximate surface area is 149 Å². The maximum Gasteiger partial charge on any atom is 0.407 e. The van der Waals surface area contributed by atoms with Gasteiger partial charge in [-0.1, -0.05) is 23.7 Å². The van der Waals surface area contributed by atoms with Gasteiger partial charge in [-0.05, 0) is 42.0 Å². The molecule has 4 N–H and O–H groups in total. The average molecular weight is 361 g/mol. The van der Waals surface area contributed by atoms with E-state index in [0.29, 0.717) is 27.6 Å². The van der Waals surface area contributed by atoms with Gasteiger partial charge in [0, 0.05) is 16.1 Å². The molecule has 0 aliphatic rings.